The van der Waals surface area contributed by atoms with Crippen molar-refractivity contribution in [3.05, 3.63) is 66.7 Å². The summed E-state index contributed by atoms with van der Waals surface area (Å²) in [4.78, 5) is 0. The molecular formula is C12H11NaO. The van der Waals surface area contributed by atoms with Gasteiger partial charge in [0.2, 0.25) is 0 Å². The number of phenols is 1. The van der Waals surface area contributed by atoms with Gasteiger partial charge >= 0.3 is 29.6 Å². The number of phenolic OH excluding ortho intramolecular Hbond substituents is 1. The van der Waals surface area contributed by atoms with E-state index in [-0.39, 0.29) is 29.6 Å². The van der Waals surface area contributed by atoms with E-state index >= 15 is 0 Å². The summed E-state index contributed by atoms with van der Waals surface area (Å²) in [6.45, 7) is 0. The molecule has 2 aromatic carbocycles. The number of hydrogen-bond donors (Lipinski definition) is 1. The molecule has 0 atom stereocenters. The van der Waals surface area contributed by atoms with Gasteiger partial charge in [0.1, 0.15) is 5.75 Å². The maximum absolute atomic E-state index is 8.63. The Morgan fingerprint density at radius 3 is 1.50 bits per heavy atom. The Hall–Kier alpha value is -0.760. The summed E-state index contributed by atoms with van der Waals surface area (Å²) in [7, 11) is 0. The first kappa shape index (κ1) is 13.2. The zero-order valence-corrected chi connectivity index (χ0v) is 10.2. The Morgan fingerprint density at radius 2 is 1.29 bits per heavy atom. The van der Waals surface area contributed by atoms with Gasteiger partial charge < -0.3 is 5.11 Å². The van der Waals surface area contributed by atoms with Crippen LogP contribution in [-0.4, -0.2) is 5.11 Å². The molecule has 0 bridgehead atoms. The second-order valence-corrected chi connectivity index (χ2v) is 2.41. The molecule has 0 heterocycles. The van der Waals surface area contributed by atoms with Crippen LogP contribution in [0.5, 0.6) is 5.75 Å². The third kappa shape index (κ3) is 6.72. The minimum absolute atomic E-state index is 0. The fraction of sp³-hybridized carbons (Fsp3) is 0. The van der Waals surface area contributed by atoms with Gasteiger partial charge in [-0.3, -0.25) is 0 Å². The van der Waals surface area contributed by atoms with Crippen molar-refractivity contribution in [2.45, 2.75) is 0 Å². The summed E-state index contributed by atoms with van der Waals surface area (Å²) in [5.41, 5.74) is 0. The zero-order chi connectivity index (χ0) is 9.36. The van der Waals surface area contributed by atoms with Crippen LogP contribution in [0.3, 0.4) is 0 Å². The molecule has 0 aliphatic heterocycles. The molecule has 2 rings (SSSR count). The minimum atomic E-state index is 0. The number of aromatic hydroxyl groups is 1. The molecule has 0 saturated heterocycles. The van der Waals surface area contributed by atoms with E-state index in [0.717, 1.165) is 0 Å². The summed E-state index contributed by atoms with van der Waals surface area (Å²) in [5.74, 6) is 0.322. The van der Waals surface area contributed by atoms with Crippen LogP contribution in [-0.2, 0) is 0 Å². The molecule has 2 heteroatoms. The largest absolute Gasteiger partial charge is 1.00 e. The zero-order valence-electron chi connectivity index (χ0n) is 8.22. The molecular weight excluding hydrogens is 183 g/mol. The molecule has 0 spiro atoms. The quantitative estimate of drug-likeness (QED) is 0.458. The standard InChI is InChI=1S/C6H6O.C6H5.Na/c7-6-4-2-1-3-5-6;1-2-4-6-5-3-1;/h1-5,7H;1-5H;/q;-1;+1. The fourth-order valence-electron chi connectivity index (χ4n) is 0.770. The van der Waals surface area contributed by atoms with Crippen molar-refractivity contribution in [2.75, 3.05) is 0 Å². The molecule has 2 aromatic rings. The Labute approximate surface area is 107 Å². The number of benzene rings is 2. The van der Waals surface area contributed by atoms with Crippen LogP contribution in [0, 0.1) is 6.07 Å². The summed E-state index contributed by atoms with van der Waals surface area (Å²) in [6.07, 6.45) is 0. The van der Waals surface area contributed by atoms with Gasteiger partial charge in [0.25, 0.3) is 0 Å². The van der Waals surface area contributed by atoms with E-state index in [1.807, 2.05) is 36.4 Å². The Morgan fingerprint density at radius 1 is 0.786 bits per heavy atom. The van der Waals surface area contributed by atoms with Crippen molar-refractivity contribution < 1.29 is 34.7 Å². The van der Waals surface area contributed by atoms with Crippen molar-refractivity contribution in [3.8, 4) is 5.75 Å². The van der Waals surface area contributed by atoms with E-state index in [4.69, 9.17) is 5.11 Å². The van der Waals surface area contributed by atoms with Gasteiger partial charge in [0.15, 0.2) is 0 Å². The molecule has 0 radical (unpaired) electrons. The molecule has 0 saturated carbocycles. The molecule has 0 unspecified atom stereocenters. The van der Waals surface area contributed by atoms with Crippen LogP contribution in [0.25, 0.3) is 0 Å². The Bertz CT molecular complexity index is 281. The van der Waals surface area contributed by atoms with Gasteiger partial charge in [-0.15, -0.1) is 0 Å². The smallest absolute Gasteiger partial charge is 0.508 e. The molecule has 14 heavy (non-hydrogen) atoms. The fourth-order valence-corrected chi connectivity index (χ4v) is 0.770. The first-order valence-electron chi connectivity index (χ1n) is 4.04. The Kier molecular flexibility index (Phi) is 8.34. The third-order valence-corrected chi connectivity index (χ3v) is 1.36. The van der Waals surface area contributed by atoms with Crippen LogP contribution in [0.4, 0.5) is 0 Å². The maximum Gasteiger partial charge on any atom is 1.00 e. The van der Waals surface area contributed by atoms with Crippen molar-refractivity contribution in [3.63, 3.8) is 0 Å². The molecule has 0 amide bonds. The van der Waals surface area contributed by atoms with E-state index in [0.29, 0.717) is 5.75 Å². The molecule has 0 aromatic heterocycles. The molecule has 1 N–H and O–H groups in total. The Balaban J connectivity index is 0.000000227. The molecule has 1 nitrogen and oxygen atoms in total. The van der Waals surface area contributed by atoms with Crippen molar-refractivity contribution in [1.82, 2.24) is 0 Å². The SMILES string of the molecule is Oc1ccccc1.[Na+].[c-]1ccccc1. The minimum Gasteiger partial charge on any atom is -0.508 e. The van der Waals surface area contributed by atoms with E-state index in [1.165, 1.54) is 0 Å². The van der Waals surface area contributed by atoms with Gasteiger partial charge in [-0.1, -0.05) is 18.2 Å². The van der Waals surface area contributed by atoms with Crippen LogP contribution in [0.2, 0.25) is 0 Å². The predicted molar refractivity (Wildman–Crippen MR) is 53.4 cm³/mol. The van der Waals surface area contributed by atoms with Crippen LogP contribution < -0.4 is 29.6 Å². The number of para-hydroxylation sites is 1. The molecule has 66 valence electrons. The van der Waals surface area contributed by atoms with E-state index < -0.39 is 0 Å². The summed E-state index contributed by atoms with van der Waals surface area (Å²) in [6, 6.07) is 21.2. The topological polar surface area (TPSA) is 20.2 Å². The average molecular weight is 194 g/mol. The van der Waals surface area contributed by atoms with Crippen molar-refractivity contribution in [2.24, 2.45) is 0 Å². The molecule has 0 aliphatic rings. The maximum atomic E-state index is 8.63. The normalized spacial score (nSPS) is 7.71. The average Bonchev–Trinajstić information content (AvgIpc) is 2.22. The van der Waals surface area contributed by atoms with Crippen LogP contribution in [0.1, 0.15) is 0 Å². The molecule has 0 aliphatic carbocycles. The van der Waals surface area contributed by atoms with Gasteiger partial charge in [-0.05, 0) is 12.1 Å². The van der Waals surface area contributed by atoms with Crippen LogP contribution >= 0.6 is 0 Å². The first-order chi connectivity index (χ1) is 6.39. The number of rotatable bonds is 0. The van der Waals surface area contributed by atoms with E-state index in [2.05, 4.69) is 6.07 Å². The van der Waals surface area contributed by atoms with Crippen molar-refractivity contribution in [1.29, 1.82) is 0 Å². The predicted octanol–water partition coefficient (Wildman–Crippen LogP) is -0.117. The van der Waals surface area contributed by atoms with Crippen molar-refractivity contribution >= 4 is 0 Å². The first-order valence-corrected chi connectivity index (χ1v) is 4.04. The van der Waals surface area contributed by atoms with Gasteiger partial charge in [0, 0.05) is 0 Å². The van der Waals surface area contributed by atoms with Gasteiger partial charge in [-0.2, -0.15) is 36.4 Å². The summed E-state index contributed by atoms with van der Waals surface area (Å²) >= 11 is 0. The monoisotopic (exact) mass is 194 g/mol. The summed E-state index contributed by atoms with van der Waals surface area (Å²) in [5, 5.41) is 8.63. The van der Waals surface area contributed by atoms with Crippen LogP contribution in [0.15, 0.2) is 60.7 Å². The van der Waals surface area contributed by atoms with Gasteiger partial charge in [-0.25, -0.2) is 0 Å². The van der Waals surface area contributed by atoms with E-state index in [1.54, 1.807) is 24.3 Å². The third-order valence-electron chi connectivity index (χ3n) is 1.36. The van der Waals surface area contributed by atoms with Gasteiger partial charge in [0.05, 0.1) is 0 Å². The molecule has 0 fully saturated rings. The summed E-state index contributed by atoms with van der Waals surface area (Å²) < 4.78 is 0. The number of hydrogen-bond acceptors (Lipinski definition) is 1. The second kappa shape index (κ2) is 8.82. The van der Waals surface area contributed by atoms with E-state index in [9.17, 15) is 0 Å². The second-order valence-electron chi connectivity index (χ2n) is 2.41.